The molecule has 3 heteroatoms. The summed E-state index contributed by atoms with van der Waals surface area (Å²) in [4.78, 5) is 11.9. The Morgan fingerprint density at radius 2 is 1.63 bits per heavy atom. The Labute approximate surface area is 112 Å². The molecule has 0 heterocycles. The highest BCUT2D eigenvalue weighted by atomic mass is 16.6. The summed E-state index contributed by atoms with van der Waals surface area (Å²) in [5.74, 6) is 0.274. The molecule has 0 amide bonds. The number of hydrogen-bond acceptors (Lipinski definition) is 3. The second-order valence-corrected chi connectivity index (χ2v) is 4.20. The summed E-state index contributed by atoms with van der Waals surface area (Å²) < 4.78 is 10.6. The van der Waals surface area contributed by atoms with Crippen LogP contribution in [0.15, 0.2) is 54.6 Å². The van der Waals surface area contributed by atoms with Gasteiger partial charge in [-0.2, -0.15) is 0 Å². The summed E-state index contributed by atoms with van der Waals surface area (Å²) in [5, 5.41) is 0. The molecular formula is C16H16O3. The van der Waals surface area contributed by atoms with Gasteiger partial charge in [-0.25, -0.2) is 4.79 Å². The lowest BCUT2D eigenvalue weighted by molar-refractivity contribution is -0.149. The maximum absolute atomic E-state index is 11.9. The molecule has 2 aromatic rings. The number of carbonyl (C=O) groups excluding carboxylic acids is 1. The van der Waals surface area contributed by atoms with E-state index >= 15 is 0 Å². The van der Waals surface area contributed by atoms with Crippen LogP contribution in [-0.2, 0) is 9.53 Å². The fourth-order valence-corrected chi connectivity index (χ4v) is 1.80. The molecule has 0 radical (unpaired) electrons. The number of esters is 1. The summed E-state index contributed by atoms with van der Waals surface area (Å²) in [6, 6.07) is 16.9. The van der Waals surface area contributed by atoms with Crippen molar-refractivity contribution in [3.8, 4) is 5.75 Å². The van der Waals surface area contributed by atoms with E-state index in [1.165, 1.54) is 7.11 Å². The number of para-hydroxylation sites is 1. The number of ether oxygens (including phenoxy) is 2. The van der Waals surface area contributed by atoms with Crippen molar-refractivity contribution in [2.24, 2.45) is 0 Å². The van der Waals surface area contributed by atoms with Crippen molar-refractivity contribution in [2.75, 3.05) is 7.11 Å². The number of methoxy groups -OCH3 is 1. The summed E-state index contributed by atoms with van der Waals surface area (Å²) >= 11 is 0. The van der Waals surface area contributed by atoms with Crippen molar-refractivity contribution in [1.29, 1.82) is 0 Å². The van der Waals surface area contributed by atoms with E-state index in [1.54, 1.807) is 0 Å². The zero-order valence-corrected chi connectivity index (χ0v) is 11.0. The molecule has 0 saturated heterocycles. The van der Waals surface area contributed by atoms with E-state index in [-0.39, 0.29) is 0 Å². The standard InChI is InChI=1S/C16H16O3/c1-12-8-6-7-11-14(12)19-15(16(17)18-2)13-9-4-3-5-10-13/h3-11,15H,1-2H3. The first-order valence-corrected chi connectivity index (χ1v) is 6.07. The highest BCUT2D eigenvalue weighted by Gasteiger charge is 2.23. The molecule has 1 unspecified atom stereocenters. The molecule has 0 bridgehead atoms. The zero-order valence-electron chi connectivity index (χ0n) is 11.0. The highest BCUT2D eigenvalue weighted by molar-refractivity contribution is 5.76. The number of carbonyl (C=O) groups is 1. The van der Waals surface area contributed by atoms with Crippen LogP contribution in [-0.4, -0.2) is 13.1 Å². The van der Waals surface area contributed by atoms with Gasteiger partial charge in [0.15, 0.2) is 0 Å². The summed E-state index contributed by atoms with van der Waals surface area (Å²) in [7, 11) is 1.36. The van der Waals surface area contributed by atoms with Crippen LogP contribution in [0.3, 0.4) is 0 Å². The lowest BCUT2D eigenvalue weighted by Crippen LogP contribution is -2.20. The second kappa shape index (κ2) is 6.05. The molecule has 0 saturated carbocycles. The van der Waals surface area contributed by atoms with Gasteiger partial charge in [0.05, 0.1) is 7.11 Å². The van der Waals surface area contributed by atoms with Crippen molar-refractivity contribution in [3.05, 3.63) is 65.7 Å². The van der Waals surface area contributed by atoms with Crippen LogP contribution < -0.4 is 4.74 Å². The topological polar surface area (TPSA) is 35.5 Å². The van der Waals surface area contributed by atoms with E-state index < -0.39 is 12.1 Å². The van der Waals surface area contributed by atoms with Gasteiger partial charge in [0.25, 0.3) is 0 Å². The third-order valence-corrected chi connectivity index (χ3v) is 2.86. The fourth-order valence-electron chi connectivity index (χ4n) is 1.80. The predicted molar refractivity (Wildman–Crippen MR) is 73.0 cm³/mol. The Balaban J connectivity index is 2.30. The van der Waals surface area contributed by atoms with Gasteiger partial charge in [-0.3, -0.25) is 0 Å². The van der Waals surface area contributed by atoms with Crippen molar-refractivity contribution >= 4 is 5.97 Å². The molecular weight excluding hydrogens is 240 g/mol. The SMILES string of the molecule is COC(=O)C(Oc1ccccc1C)c1ccccc1. The van der Waals surface area contributed by atoms with Gasteiger partial charge < -0.3 is 9.47 Å². The number of hydrogen-bond donors (Lipinski definition) is 0. The third kappa shape index (κ3) is 3.13. The second-order valence-electron chi connectivity index (χ2n) is 4.20. The molecule has 0 fully saturated rings. The van der Waals surface area contributed by atoms with Gasteiger partial charge in [0.1, 0.15) is 5.75 Å². The Hall–Kier alpha value is -2.29. The van der Waals surface area contributed by atoms with E-state index in [2.05, 4.69) is 0 Å². The quantitative estimate of drug-likeness (QED) is 0.787. The first kappa shape index (κ1) is 13.1. The van der Waals surface area contributed by atoms with Crippen molar-refractivity contribution < 1.29 is 14.3 Å². The zero-order chi connectivity index (χ0) is 13.7. The molecule has 0 spiro atoms. The van der Waals surface area contributed by atoms with Crippen LogP contribution in [0.5, 0.6) is 5.75 Å². The Morgan fingerprint density at radius 3 is 2.26 bits per heavy atom. The Bertz CT molecular complexity index is 549. The van der Waals surface area contributed by atoms with Gasteiger partial charge in [0.2, 0.25) is 6.10 Å². The van der Waals surface area contributed by atoms with Crippen LogP contribution in [0, 0.1) is 6.92 Å². The predicted octanol–water partition coefficient (Wildman–Crippen LogP) is 3.29. The minimum absolute atomic E-state index is 0.408. The lowest BCUT2D eigenvalue weighted by Gasteiger charge is -2.18. The molecule has 1 atom stereocenters. The highest BCUT2D eigenvalue weighted by Crippen LogP contribution is 2.25. The molecule has 0 aromatic heterocycles. The monoisotopic (exact) mass is 256 g/mol. The van der Waals surface area contributed by atoms with Gasteiger partial charge in [0, 0.05) is 5.56 Å². The average Bonchev–Trinajstić information content (AvgIpc) is 2.46. The van der Waals surface area contributed by atoms with Gasteiger partial charge in [-0.1, -0.05) is 48.5 Å². The van der Waals surface area contributed by atoms with E-state index in [9.17, 15) is 4.79 Å². The molecule has 0 N–H and O–H groups in total. The Morgan fingerprint density at radius 1 is 1.00 bits per heavy atom. The first-order valence-electron chi connectivity index (χ1n) is 6.07. The maximum Gasteiger partial charge on any atom is 0.351 e. The summed E-state index contributed by atoms with van der Waals surface area (Å²) in [5.41, 5.74) is 1.75. The molecule has 2 aromatic carbocycles. The number of benzene rings is 2. The largest absolute Gasteiger partial charge is 0.474 e. The third-order valence-electron chi connectivity index (χ3n) is 2.86. The number of rotatable bonds is 4. The van der Waals surface area contributed by atoms with E-state index in [0.717, 1.165) is 11.1 Å². The van der Waals surface area contributed by atoms with Gasteiger partial charge >= 0.3 is 5.97 Å². The van der Waals surface area contributed by atoms with Crippen LogP contribution >= 0.6 is 0 Å². The molecule has 0 aliphatic rings. The van der Waals surface area contributed by atoms with Crippen molar-refractivity contribution in [2.45, 2.75) is 13.0 Å². The summed E-state index contributed by atoms with van der Waals surface area (Å²) in [6.45, 7) is 1.94. The minimum atomic E-state index is -0.743. The summed E-state index contributed by atoms with van der Waals surface area (Å²) in [6.07, 6.45) is -0.743. The average molecular weight is 256 g/mol. The smallest absolute Gasteiger partial charge is 0.351 e. The minimum Gasteiger partial charge on any atom is -0.474 e. The fraction of sp³-hybridized carbons (Fsp3) is 0.188. The molecule has 0 aliphatic heterocycles. The lowest BCUT2D eigenvalue weighted by atomic mass is 10.1. The molecule has 98 valence electrons. The molecule has 3 nitrogen and oxygen atoms in total. The van der Waals surface area contributed by atoms with Crippen LogP contribution in [0.25, 0.3) is 0 Å². The first-order chi connectivity index (χ1) is 9.22. The maximum atomic E-state index is 11.9. The van der Waals surface area contributed by atoms with Crippen molar-refractivity contribution in [3.63, 3.8) is 0 Å². The van der Waals surface area contributed by atoms with Crippen LogP contribution in [0.2, 0.25) is 0 Å². The van der Waals surface area contributed by atoms with E-state index in [1.807, 2.05) is 61.5 Å². The number of aryl methyl sites for hydroxylation is 1. The van der Waals surface area contributed by atoms with E-state index in [4.69, 9.17) is 9.47 Å². The van der Waals surface area contributed by atoms with Crippen LogP contribution in [0.4, 0.5) is 0 Å². The van der Waals surface area contributed by atoms with Crippen LogP contribution in [0.1, 0.15) is 17.2 Å². The van der Waals surface area contributed by atoms with Gasteiger partial charge in [-0.15, -0.1) is 0 Å². The van der Waals surface area contributed by atoms with E-state index in [0.29, 0.717) is 5.75 Å². The van der Waals surface area contributed by atoms with Gasteiger partial charge in [-0.05, 0) is 18.6 Å². The molecule has 2 rings (SSSR count). The molecule has 19 heavy (non-hydrogen) atoms. The molecule has 0 aliphatic carbocycles. The normalized spacial score (nSPS) is 11.7. The Kier molecular flexibility index (Phi) is 4.18. The van der Waals surface area contributed by atoms with Crippen molar-refractivity contribution in [1.82, 2.24) is 0 Å².